The molecule has 2 saturated heterocycles. The van der Waals surface area contributed by atoms with Crippen LogP contribution in [-0.4, -0.2) is 60.4 Å². The molecule has 0 aliphatic carbocycles. The van der Waals surface area contributed by atoms with Gasteiger partial charge in [-0.1, -0.05) is 6.07 Å². The third-order valence-corrected chi connectivity index (χ3v) is 6.73. The first kappa shape index (κ1) is 23.0. The van der Waals surface area contributed by atoms with Gasteiger partial charge >= 0.3 is 5.97 Å². The first-order chi connectivity index (χ1) is 17.2. The standard InChI is InChI=1S/C24H27N7O3S/c1-33-19-15-17(8-9-18(19)34-21(32)20-7-6-14-35-20)16-25-29-22-26-23(30-10-2-3-11-30)28-24(27-22)31-12-4-5-13-31/h6-9,14-16H,2-5,10-13H2,1H3,(H,26,27,28,29)/b25-16-. The lowest BCUT2D eigenvalue weighted by Crippen LogP contribution is -2.25. The van der Waals surface area contributed by atoms with Gasteiger partial charge in [0.2, 0.25) is 17.8 Å². The Bertz CT molecular complexity index is 1160. The van der Waals surface area contributed by atoms with E-state index in [0.29, 0.717) is 34.2 Å². The lowest BCUT2D eigenvalue weighted by Gasteiger charge is -2.20. The molecule has 2 fully saturated rings. The number of nitrogens with zero attached hydrogens (tertiary/aromatic N) is 6. The van der Waals surface area contributed by atoms with Crippen LogP contribution in [0.25, 0.3) is 0 Å². The van der Waals surface area contributed by atoms with E-state index in [1.54, 1.807) is 36.5 Å². The lowest BCUT2D eigenvalue weighted by molar-refractivity contribution is 0.0735. The van der Waals surface area contributed by atoms with Crippen molar-refractivity contribution in [1.29, 1.82) is 0 Å². The van der Waals surface area contributed by atoms with Gasteiger partial charge in [-0.2, -0.15) is 20.1 Å². The van der Waals surface area contributed by atoms with E-state index in [0.717, 1.165) is 57.4 Å². The number of anilines is 3. The van der Waals surface area contributed by atoms with Crippen LogP contribution in [0.5, 0.6) is 11.5 Å². The molecule has 0 radical (unpaired) electrons. The fourth-order valence-corrected chi connectivity index (χ4v) is 4.68. The molecule has 0 unspecified atom stereocenters. The fourth-order valence-electron chi connectivity index (χ4n) is 4.08. The van der Waals surface area contributed by atoms with Gasteiger partial charge in [0.25, 0.3) is 0 Å². The zero-order valence-electron chi connectivity index (χ0n) is 19.5. The van der Waals surface area contributed by atoms with Gasteiger partial charge in [-0.05, 0) is 60.9 Å². The quantitative estimate of drug-likeness (QED) is 0.217. The van der Waals surface area contributed by atoms with Crippen molar-refractivity contribution in [3.8, 4) is 11.5 Å². The summed E-state index contributed by atoms with van der Waals surface area (Å²) < 4.78 is 10.9. The van der Waals surface area contributed by atoms with Gasteiger partial charge in [0, 0.05) is 26.2 Å². The predicted octanol–water partition coefficient (Wildman–Crippen LogP) is 3.81. The minimum Gasteiger partial charge on any atom is -0.493 e. The molecule has 0 spiro atoms. The Hall–Kier alpha value is -3.73. The van der Waals surface area contributed by atoms with Gasteiger partial charge in [-0.3, -0.25) is 0 Å². The molecule has 0 atom stereocenters. The van der Waals surface area contributed by atoms with Gasteiger partial charge in [-0.25, -0.2) is 10.2 Å². The Morgan fingerprint density at radius 2 is 1.69 bits per heavy atom. The van der Waals surface area contributed by atoms with Crippen molar-refractivity contribution < 1.29 is 14.3 Å². The number of benzene rings is 1. The summed E-state index contributed by atoms with van der Waals surface area (Å²) in [5.74, 6) is 2.16. The summed E-state index contributed by atoms with van der Waals surface area (Å²) in [4.78, 5) is 31.1. The summed E-state index contributed by atoms with van der Waals surface area (Å²) >= 11 is 1.33. The van der Waals surface area contributed by atoms with Crippen molar-refractivity contribution >= 4 is 41.4 Å². The number of thiophene rings is 1. The van der Waals surface area contributed by atoms with Gasteiger partial charge < -0.3 is 19.3 Å². The third kappa shape index (κ3) is 5.51. The molecule has 11 heteroatoms. The molecule has 2 aromatic heterocycles. The van der Waals surface area contributed by atoms with E-state index in [2.05, 4.69) is 30.3 Å². The number of hydrogen-bond acceptors (Lipinski definition) is 11. The Morgan fingerprint density at radius 3 is 2.29 bits per heavy atom. The minimum atomic E-state index is -0.418. The zero-order valence-corrected chi connectivity index (χ0v) is 20.3. The van der Waals surface area contributed by atoms with E-state index in [-0.39, 0.29) is 0 Å². The highest BCUT2D eigenvalue weighted by Gasteiger charge is 2.21. The van der Waals surface area contributed by atoms with Gasteiger partial charge in [-0.15, -0.1) is 11.3 Å². The molecule has 2 aliphatic rings. The third-order valence-electron chi connectivity index (χ3n) is 5.88. The second-order valence-corrected chi connectivity index (χ2v) is 9.24. The average Bonchev–Trinajstić information content (AvgIpc) is 3.67. The maximum Gasteiger partial charge on any atom is 0.353 e. The van der Waals surface area contributed by atoms with Crippen molar-refractivity contribution in [2.75, 3.05) is 48.5 Å². The van der Waals surface area contributed by atoms with E-state index < -0.39 is 5.97 Å². The van der Waals surface area contributed by atoms with E-state index in [1.165, 1.54) is 18.4 Å². The summed E-state index contributed by atoms with van der Waals surface area (Å²) in [7, 11) is 1.53. The van der Waals surface area contributed by atoms with E-state index in [4.69, 9.17) is 14.5 Å². The van der Waals surface area contributed by atoms with Gasteiger partial charge in [0.1, 0.15) is 4.88 Å². The normalized spacial score (nSPS) is 15.7. The molecule has 5 rings (SSSR count). The number of esters is 1. The molecule has 0 bridgehead atoms. The molecule has 1 N–H and O–H groups in total. The van der Waals surface area contributed by atoms with Crippen LogP contribution in [0.15, 0.2) is 40.8 Å². The average molecular weight is 494 g/mol. The first-order valence-electron chi connectivity index (χ1n) is 11.7. The minimum absolute atomic E-state index is 0.346. The summed E-state index contributed by atoms with van der Waals surface area (Å²) in [6.45, 7) is 3.81. The summed E-state index contributed by atoms with van der Waals surface area (Å²) in [5, 5.41) is 6.16. The Balaban J connectivity index is 1.30. The zero-order chi connectivity index (χ0) is 24.0. The molecule has 1 aromatic carbocycles. The number of methoxy groups -OCH3 is 1. The number of hydrazone groups is 1. The largest absolute Gasteiger partial charge is 0.493 e. The highest BCUT2D eigenvalue weighted by molar-refractivity contribution is 7.12. The molecule has 0 saturated carbocycles. The van der Waals surface area contributed by atoms with Crippen molar-refractivity contribution in [3.05, 3.63) is 46.2 Å². The Morgan fingerprint density at radius 1 is 1.00 bits per heavy atom. The maximum atomic E-state index is 12.3. The summed E-state index contributed by atoms with van der Waals surface area (Å²) in [6, 6.07) is 8.76. The molecule has 182 valence electrons. The Labute approximate surface area is 207 Å². The molecule has 35 heavy (non-hydrogen) atoms. The number of hydrogen-bond donors (Lipinski definition) is 1. The maximum absolute atomic E-state index is 12.3. The van der Waals surface area contributed by atoms with Crippen molar-refractivity contribution in [1.82, 2.24) is 15.0 Å². The number of carbonyl (C=O) groups is 1. The van der Waals surface area contributed by atoms with Crippen LogP contribution in [-0.2, 0) is 0 Å². The lowest BCUT2D eigenvalue weighted by atomic mass is 10.2. The van der Waals surface area contributed by atoms with Crippen LogP contribution in [0.2, 0.25) is 0 Å². The number of ether oxygens (including phenoxy) is 2. The molecular weight excluding hydrogens is 466 g/mol. The molecule has 4 heterocycles. The number of carbonyl (C=O) groups excluding carboxylic acids is 1. The Kier molecular flexibility index (Phi) is 7.03. The van der Waals surface area contributed by atoms with Crippen LogP contribution in [0.4, 0.5) is 17.8 Å². The van der Waals surface area contributed by atoms with Crippen molar-refractivity contribution in [2.45, 2.75) is 25.7 Å². The number of nitrogens with one attached hydrogen (secondary N) is 1. The van der Waals surface area contributed by atoms with E-state index in [1.807, 2.05) is 5.38 Å². The highest BCUT2D eigenvalue weighted by atomic mass is 32.1. The SMILES string of the molecule is COc1cc(/C=N\Nc2nc(N3CCCC3)nc(N3CCCC3)n2)ccc1OC(=O)c1cccs1. The second kappa shape index (κ2) is 10.7. The van der Waals surface area contributed by atoms with Crippen LogP contribution in [0.1, 0.15) is 40.9 Å². The van der Waals surface area contributed by atoms with Crippen LogP contribution in [0.3, 0.4) is 0 Å². The molecule has 2 aliphatic heterocycles. The predicted molar refractivity (Wildman–Crippen MR) is 136 cm³/mol. The first-order valence-corrected chi connectivity index (χ1v) is 12.6. The smallest absolute Gasteiger partial charge is 0.353 e. The molecule has 10 nitrogen and oxygen atoms in total. The summed E-state index contributed by atoms with van der Waals surface area (Å²) in [5.41, 5.74) is 3.72. The topological polar surface area (TPSA) is 105 Å². The highest BCUT2D eigenvalue weighted by Crippen LogP contribution is 2.29. The van der Waals surface area contributed by atoms with E-state index in [9.17, 15) is 4.79 Å². The van der Waals surface area contributed by atoms with Gasteiger partial charge in [0.05, 0.1) is 13.3 Å². The van der Waals surface area contributed by atoms with E-state index >= 15 is 0 Å². The number of rotatable bonds is 8. The second-order valence-electron chi connectivity index (χ2n) is 8.29. The van der Waals surface area contributed by atoms with Crippen LogP contribution >= 0.6 is 11.3 Å². The summed E-state index contributed by atoms with van der Waals surface area (Å²) in [6.07, 6.45) is 6.22. The van der Waals surface area contributed by atoms with Gasteiger partial charge in [0.15, 0.2) is 11.5 Å². The monoisotopic (exact) mass is 493 g/mol. The van der Waals surface area contributed by atoms with Crippen LogP contribution in [0, 0.1) is 0 Å². The fraction of sp³-hybridized carbons (Fsp3) is 0.375. The molecule has 0 amide bonds. The molecular formula is C24H27N7O3S. The van der Waals surface area contributed by atoms with Crippen molar-refractivity contribution in [2.24, 2.45) is 5.10 Å². The van der Waals surface area contributed by atoms with Crippen LogP contribution < -0.4 is 24.7 Å². The van der Waals surface area contributed by atoms with Crippen molar-refractivity contribution in [3.63, 3.8) is 0 Å². The molecule has 3 aromatic rings. The number of aromatic nitrogens is 3.